The molecule has 21 heavy (non-hydrogen) atoms. The predicted molar refractivity (Wildman–Crippen MR) is 77.2 cm³/mol. The van der Waals surface area contributed by atoms with Gasteiger partial charge in [-0.1, -0.05) is 6.07 Å². The molecular weight excluding hydrogens is 272 g/mol. The molecule has 0 saturated heterocycles. The van der Waals surface area contributed by atoms with Crippen molar-refractivity contribution in [2.24, 2.45) is 7.05 Å². The maximum atomic E-state index is 11.8. The number of benzene rings is 1. The van der Waals surface area contributed by atoms with E-state index in [0.29, 0.717) is 12.2 Å². The SMILES string of the molecule is Cc1nn(C)cc1CNC(=O)Nc1cccc(C(=O)O)c1. The first-order valence-corrected chi connectivity index (χ1v) is 6.33. The summed E-state index contributed by atoms with van der Waals surface area (Å²) in [7, 11) is 1.81. The van der Waals surface area contributed by atoms with E-state index in [1.54, 1.807) is 16.8 Å². The number of rotatable bonds is 4. The summed E-state index contributed by atoms with van der Waals surface area (Å²) in [6, 6.07) is 5.66. The number of amides is 2. The minimum absolute atomic E-state index is 0.121. The molecule has 1 aromatic heterocycles. The smallest absolute Gasteiger partial charge is 0.335 e. The summed E-state index contributed by atoms with van der Waals surface area (Å²) in [5.74, 6) is -1.04. The van der Waals surface area contributed by atoms with E-state index in [1.165, 1.54) is 12.1 Å². The van der Waals surface area contributed by atoms with Gasteiger partial charge in [0.1, 0.15) is 0 Å². The van der Waals surface area contributed by atoms with Crippen molar-refractivity contribution in [3.63, 3.8) is 0 Å². The average Bonchev–Trinajstić information content (AvgIpc) is 2.75. The fourth-order valence-electron chi connectivity index (χ4n) is 1.90. The zero-order valence-electron chi connectivity index (χ0n) is 11.8. The molecule has 0 aliphatic rings. The minimum atomic E-state index is -1.04. The molecule has 2 rings (SSSR count). The summed E-state index contributed by atoms with van der Waals surface area (Å²) in [6.45, 7) is 2.22. The van der Waals surface area contributed by atoms with Gasteiger partial charge in [-0.15, -0.1) is 0 Å². The lowest BCUT2D eigenvalue weighted by Gasteiger charge is -2.07. The number of hydrogen-bond donors (Lipinski definition) is 3. The predicted octanol–water partition coefficient (Wildman–Crippen LogP) is 1.75. The molecule has 2 aromatic rings. The third-order valence-corrected chi connectivity index (χ3v) is 2.92. The topological polar surface area (TPSA) is 96.3 Å². The normalized spacial score (nSPS) is 10.2. The van der Waals surface area contributed by atoms with Gasteiger partial charge in [-0.3, -0.25) is 4.68 Å². The zero-order valence-corrected chi connectivity index (χ0v) is 11.8. The first-order chi connectivity index (χ1) is 9.95. The van der Waals surface area contributed by atoms with Gasteiger partial charge in [0.2, 0.25) is 0 Å². The van der Waals surface area contributed by atoms with Crippen LogP contribution in [0.25, 0.3) is 0 Å². The van der Waals surface area contributed by atoms with Crippen LogP contribution in [-0.2, 0) is 13.6 Å². The molecule has 2 amide bonds. The van der Waals surface area contributed by atoms with Gasteiger partial charge in [0.05, 0.1) is 11.3 Å². The second kappa shape index (κ2) is 6.08. The van der Waals surface area contributed by atoms with Crippen molar-refractivity contribution in [3.05, 3.63) is 47.3 Å². The molecule has 0 spiro atoms. The number of aryl methyl sites for hydroxylation is 2. The fourth-order valence-corrected chi connectivity index (χ4v) is 1.90. The van der Waals surface area contributed by atoms with Gasteiger partial charge < -0.3 is 15.7 Å². The van der Waals surface area contributed by atoms with Gasteiger partial charge in [0.25, 0.3) is 0 Å². The minimum Gasteiger partial charge on any atom is -0.478 e. The van der Waals surface area contributed by atoms with Crippen molar-refractivity contribution in [2.75, 3.05) is 5.32 Å². The number of aromatic carboxylic acids is 1. The van der Waals surface area contributed by atoms with Crippen LogP contribution in [0.15, 0.2) is 30.5 Å². The Morgan fingerprint density at radius 2 is 2.14 bits per heavy atom. The number of hydrogen-bond acceptors (Lipinski definition) is 3. The van der Waals surface area contributed by atoms with E-state index >= 15 is 0 Å². The van der Waals surface area contributed by atoms with E-state index < -0.39 is 12.0 Å². The Hall–Kier alpha value is -2.83. The van der Waals surface area contributed by atoms with Crippen LogP contribution in [0.3, 0.4) is 0 Å². The molecular formula is C14H16N4O3. The number of carboxylic acid groups (broad SMARTS) is 1. The van der Waals surface area contributed by atoms with E-state index in [4.69, 9.17) is 5.11 Å². The molecule has 0 aliphatic heterocycles. The Balaban J connectivity index is 1.94. The molecule has 0 radical (unpaired) electrons. The fraction of sp³-hybridized carbons (Fsp3) is 0.214. The van der Waals surface area contributed by atoms with Crippen LogP contribution in [0.4, 0.5) is 10.5 Å². The van der Waals surface area contributed by atoms with E-state index in [2.05, 4.69) is 15.7 Å². The highest BCUT2D eigenvalue weighted by molar-refractivity contribution is 5.93. The van der Waals surface area contributed by atoms with Crippen LogP contribution in [0, 0.1) is 6.92 Å². The zero-order chi connectivity index (χ0) is 15.4. The van der Waals surface area contributed by atoms with E-state index in [0.717, 1.165) is 11.3 Å². The summed E-state index contributed by atoms with van der Waals surface area (Å²) < 4.78 is 1.68. The van der Waals surface area contributed by atoms with E-state index in [-0.39, 0.29) is 5.56 Å². The van der Waals surface area contributed by atoms with Gasteiger partial charge in [0, 0.05) is 31.0 Å². The van der Waals surface area contributed by atoms with Gasteiger partial charge in [-0.25, -0.2) is 9.59 Å². The maximum Gasteiger partial charge on any atom is 0.335 e. The Kier molecular flexibility index (Phi) is 4.22. The molecule has 1 heterocycles. The molecule has 0 unspecified atom stereocenters. The first-order valence-electron chi connectivity index (χ1n) is 6.33. The average molecular weight is 288 g/mol. The summed E-state index contributed by atoms with van der Waals surface area (Å²) in [5.41, 5.74) is 2.32. The van der Waals surface area contributed by atoms with E-state index in [9.17, 15) is 9.59 Å². The highest BCUT2D eigenvalue weighted by atomic mass is 16.4. The molecule has 1 aromatic carbocycles. The molecule has 0 bridgehead atoms. The van der Waals surface area contributed by atoms with Crippen molar-refractivity contribution < 1.29 is 14.7 Å². The van der Waals surface area contributed by atoms with Crippen molar-refractivity contribution in [1.29, 1.82) is 0 Å². The van der Waals surface area contributed by atoms with Crippen molar-refractivity contribution in [3.8, 4) is 0 Å². The molecule has 0 fully saturated rings. The van der Waals surface area contributed by atoms with Crippen LogP contribution >= 0.6 is 0 Å². The maximum absolute atomic E-state index is 11.8. The van der Waals surface area contributed by atoms with Crippen molar-refractivity contribution in [2.45, 2.75) is 13.5 Å². The summed E-state index contributed by atoms with van der Waals surface area (Å²) >= 11 is 0. The highest BCUT2D eigenvalue weighted by Gasteiger charge is 2.07. The molecule has 0 aliphatic carbocycles. The van der Waals surface area contributed by atoms with Gasteiger partial charge in [-0.2, -0.15) is 5.10 Å². The molecule has 3 N–H and O–H groups in total. The molecule has 7 heteroatoms. The van der Waals surface area contributed by atoms with Gasteiger partial charge >= 0.3 is 12.0 Å². The number of anilines is 1. The van der Waals surface area contributed by atoms with Crippen LogP contribution in [-0.4, -0.2) is 26.9 Å². The number of carbonyl (C=O) groups is 2. The number of aromatic nitrogens is 2. The van der Waals surface area contributed by atoms with Crippen LogP contribution in [0.1, 0.15) is 21.6 Å². The third kappa shape index (κ3) is 3.82. The van der Waals surface area contributed by atoms with Gasteiger partial charge in [-0.05, 0) is 25.1 Å². The monoisotopic (exact) mass is 288 g/mol. The number of nitrogens with one attached hydrogen (secondary N) is 2. The van der Waals surface area contributed by atoms with Crippen molar-refractivity contribution >= 4 is 17.7 Å². The number of carbonyl (C=O) groups excluding carboxylic acids is 1. The Morgan fingerprint density at radius 1 is 1.38 bits per heavy atom. The van der Waals surface area contributed by atoms with Crippen LogP contribution < -0.4 is 10.6 Å². The lowest BCUT2D eigenvalue weighted by Crippen LogP contribution is -2.28. The van der Waals surface area contributed by atoms with Crippen LogP contribution in [0.2, 0.25) is 0 Å². The molecule has 0 saturated carbocycles. The number of urea groups is 1. The summed E-state index contributed by atoms with van der Waals surface area (Å²) in [6.07, 6.45) is 1.83. The van der Waals surface area contributed by atoms with E-state index in [1.807, 2.05) is 20.2 Å². The lowest BCUT2D eigenvalue weighted by atomic mass is 10.2. The Labute approximate surface area is 121 Å². The van der Waals surface area contributed by atoms with Crippen LogP contribution in [0.5, 0.6) is 0 Å². The second-order valence-corrected chi connectivity index (χ2v) is 4.61. The summed E-state index contributed by atoms with van der Waals surface area (Å²) in [5, 5.41) is 18.4. The molecule has 7 nitrogen and oxygen atoms in total. The largest absolute Gasteiger partial charge is 0.478 e. The Bertz CT molecular complexity index is 679. The molecule has 110 valence electrons. The standard InChI is InChI=1S/C14H16N4O3/c1-9-11(8-18(2)17-9)7-15-14(21)16-12-5-3-4-10(6-12)13(19)20/h3-6,8H,7H2,1-2H3,(H,19,20)(H2,15,16,21). The highest BCUT2D eigenvalue weighted by Crippen LogP contribution is 2.10. The Morgan fingerprint density at radius 3 is 2.76 bits per heavy atom. The number of nitrogens with zero attached hydrogens (tertiary/aromatic N) is 2. The first kappa shape index (κ1) is 14.6. The van der Waals surface area contributed by atoms with Crippen molar-refractivity contribution in [1.82, 2.24) is 15.1 Å². The molecule has 0 atom stereocenters. The van der Waals surface area contributed by atoms with Gasteiger partial charge in [0.15, 0.2) is 0 Å². The second-order valence-electron chi connectivity index (χ2n) is 4.61. The summed E-state index contributed by atoms with van der Waals surface area (Å²) in [4.78, 5) is 22.6. The lowest BCUT2D eigenvalue weighted by molar-refractivity contribution is 0.0697. The quantitative estimate of drug-likeness (QED) is 0.798. The third-order valence-electron chi connectivity index (χ3n) is 2.92. The number of carboxylic acids is 1.